The van der Waals surface area contributed by atoms with Gasteiger partial charge in [0.25, 0.3) is 0 Å². The van der Waals surface area contributed by atoms with E-state index in [9.17, 15) is 4.79 Å². The van der Waals surface area contributed by atoms with Crippen LogP contribution in [-0.2, 0) is 4.79 Å². The Morgan fingerprint density at radius 1 is 1.12 bits per heavy atom. The highest BCUT2D eigenvalue weighted by atomic mass is 32.2. The lowest BCUT2D eigenvalue weighted by Gasteiger charge is -2.24. The quantitative estimate of drug-likeness (QED) is 0.524. The highest BCUT2D eigenvalue weighted by Crippen LogP contribution is 2.34. The van der Waals surface area contributed by atoms with Crippen molar-refractivity contribution in [2.75, 3.05) is 19.0 Å². The first-order chi connectivity index (χ1) is 15.9. The Bertz CT molecular complexity index is 1130. The van der Waals surface area contributed by atoms with E-state index in [1.54, 1.807) is 4.68 Å². The van der Waals surface area contributed by atoms with Gasteiger partial charge in [0.05, 0.1) is 30.7 Å². The summed E-state index contributed by atoms with van der Waals surface area (Å²) in [6, 6.07) is 11.8. The molecule has 0 saturated heterocycles. The summed E-state index contributed by atoms with van der Waals surface area (Å²) in [6.07, 6.45) is 0.854. The summed E-state index contributed by atoms with van der Waals surface area (Å²) < 4.78 is 13.2. The molecule has 174 valence electrons. The summed E-state index contributed by atoms with van der Waals surface area (Å²) in [5.41, 5.74) is 4.14. The van der Waals surface area contributed by atoms with Gasteiger partial charge in [0.1, 0.15) is 0 Å². The maximum absolute atomic E-state index is 12.9. The smallest absolute Gasteiger partial charge is 0.230 e. The first kappa shape index (κ1) is 23.1. The fourth-order valence-electron chi connectivity index (χ4n) is 3.82. The maximum atomic E-state index is 12.9. The summed E-state index contributed by atoms with van der Waals surface area (Å²) in [6.45, 7) is 9.51. The number of aromatic nitrogens is 4. The van der Waals surface area contributed by atoms with Crippen LogP contribution in [0.4, 0.5) is 0 Å². The van der Waals surface area contributed by atoms with E-state index in [2.05, 4.69) is 40.8 Å². The van der Waals surface area contributed by atoms with Crippen molar-refractivity contribution in [2.24, 2.45) is 5.92 Å². The number of nitrogens with one attached hydrogen (secondary N) is 1. The number of hydrogen-bond acceptors (Lipinski definition) is 7. The Morgan fingerprint density at radius 2 is 1.91 bits per heavy atom. The highest BCUT2D eigenvalue weighted by molar-refractivity contribution is 7.99. The van der Waals surface area contributed by atoms with Crippen LogP contribution in [-0.4, -0.2) is 45.1 Å². The van der Waals surface area contributed by atoms with Gasteiger partial charge in [-0.05, 0) is 59.5 Å². The third-order valence-corrected chi connectivity index (χ3v) is 6.39. The fourth-order valence-corrected chi connectivity index (χ4v) is 4.51. The molecule has 4 rings (SSSR count). The van der Waals surface area contributed by atoms with Crippen molar-refractivity contribution in [3.8, 4) is 17.2 Å². The number of carbonyl (C=O) groups is 1. The first-order valence-corrected chi connectivity index (χ1v) is 12.1. The molecule has 33 heavy (non-hydrogen) atoms. The second-order valence-corrected chi connectivity index (χ2v) is 9.44. The number of thioether (sulfide) groups is 1. The van der Waals surface area contributed by atoms with E-state index < -0.39 is 0 Å². The first-order valence-electron chi connectivity index (χ1n) is 11.1. The minimum absolute atomic E-state index is 0.0824. The fraction of sp³-hybridized carbons (Fsp3) is 0.417. The van der Waals surface area contributed by atoms with Gasteiger partial charge in [0.2, 0.25) is 11.1 Å². The highest BCUT2D eigenvalue weighted by Gasteiger charge is 2.22. The van der Waals surface area contributed by atoms with E-state index in [-0.39, 0.29) is 23.6 Å². The normalized spacial score (nSPS) is 14.1. The van der Waals surface area contributed by atoms with Gasteiger partial charge in [-0.3, -0.25) is 4.79 Å². The van der Waals surface area contributed by atoms with E-state index in [1.165, 1.54) is 17.3 Å². The molecule has 1 unspecified atom stereocenters. The summed E-state index contributed by atoms with van der Waals surface area (Å²) in [4.78, 5) is 12.9. The molecule has 0 aliphatic carbocycles. The number of hydrogen-bond donors (Lipinski definition) is 1. The minimum atomic E-state index is -0.148. The third kappa shape index (κ3) is 5.47. The lowest BCUT2D eigenvalue weighted by Crippen LogP contribution is -2.33. The zero-order valence-electron chi connectivity index (χ0n) is 19.4. The topological polar surface area (TPSA) is 91.2 Å². The average molecular weight is 468 g/mol. The average Bonchev–Trinajstić information content (AvgIpc) is 3.11. The van der Waals surface area contributed by atoms with E-state index in [0.717, 1.165) is 34.7 Å². The van der Waals surface area contributed by atoms with E-state index in [0.29, 0.717) is 18.4 Å². The molecule has 0 saturated carbocycles. The molecule has 0 bridgehead atoms. The van der Waals surface area contributed by atoms with Gasteiger partial charge in [-0.1, -0.05) is 49.4 Å². The van der Waals surface area contributed by atoms with Crippen LogP contribution in [0.3, 0.4) is 0 Å². The number of fused-ring (bicyclic) bond motifs is 1. The Morgan fingerprint density at radius 3 is 2.67 bits per heavy atom. The van der Waals surface area contributed by atoms with Gasteiger partial charge < -0.3 is 14.8 Å². The lowest BCUT2D eigenvalue weighted by molar-refractivity contribution is -0.119. The molecule has 1 atom stereocenters. The Balaban J connectivity index is 1.44. The summed E-state index contributed by atoms with van der Waals surface area (Å²) >= 11 is 1.31. The molecule has 2 heterocycles. The molecular formula is C24H29N5O3S. The zero-order chi connectivity index (χ0) is 23.4. The Kier molecular flexibility index (Phi) is 7.17. The Labute approximate surface area is 198 Å². The molecule has 1 aliphatic rings. The van der Waals surface area contributed by atoms with E-state index >= 15 is 0 Å². The van der Waals surface area contributed by atoms with Crippen LogP contribution >= 0.6 is 11.8 Å². The molecule has 0 spiro atoms. The van der Waals surface area contributed by atoms with E-state index in [4.69, 9.17) is 9.47 Å². The van der Waals surface area contributed by atoms with Gasteiger partial charge in [-0.2, -0.15) is 4.68 Å². The second kappa shape index (κ2) is 10.2. The standard InChI is InChI=1S/C24H29N5O3S/c1-15(2)23(18-7-9-20-21(13-18)32-11-5-10-31-20)25-22(30)14-33-24-26-27-28-29(24)19-8-6-16(3)12-17(19)4/h6-9,12-13,15,23H,5,10-11,14H2,1-4H3,(H,25,30). The summed E-state index contributed by atoms with van der Waals surface area (Å²) in [5, 5.41) is 15.8. The predicted octanol–water partition coefficient (Wildman–Crippen LogP) is 4.05. The second-order valence-electron chi connectivity index (χ2n) is 8.50. The van der Waals surface area contributed by atoms with Crippen molar-refractivity contribution in [3.05, 3.63) is 53.1 Å². The van der Waals surface area contributed by atoms with E-state index in [1.807, 2.05) is 44.2 Å². The van der Waals surface area contributed by atoms with Crippen LogP contribution in [0.25, 0.3) is 5.69 Å². The van der Waals surface area contributed by atoms with Gasteiger partial charge >= 0.3 is 0 Å². The number of aryl methyl sites for hydroxylation is 2. The van der Waals surface area contributed by atoms with Crippen molar-refractivity contribution in [1.82, 2.24) is 25.5 Å². The van der Waals surface area contributed by atoms with Gasteiger partial charge in [-0.15, -0.1) is 5.10 Å². The number of amides is 1. The van der Waals surface area contributed by atoms with Gasteiger partial charge in [0.15, 0.2) is 11.5 Å². The number of nitrogens with zero attached hydrogens (tertiary/aromatic N) is 4. The molecule has 8 nitrogen and oxygen atoms in total. The number of benzene rings is 2. The SMILES string of the molecule is Cc1ccc(-n2nnnc2SCC(=O)NC(c2ccc3c(c2)OCCCO3)C(C)C)c(C)c1. The number of carbonyl (C=O) groups excluding carboxylic acids is 1. The molecule has 0 fully saturated rings. The molecular weight excluding hydrogens is 438 g/mol. The van der Waals surface area contributed by atoms with Gasteiger partial charge in [0, 0.05) is 6.42 Å². The van der Waals surface area contributed by atoms with Crippen molar-refractivity contribution < 1.29 is 14.3 Å². The molecule has 1 aromatic heterocycles. The molecule has 9 heteroatoms. The third-order valence-electron chi connectivity index (χ3n) is 5.47. The monoisotopic (exact) mass is 467 g/mol. The van der Waals surface area contributed by atoms with Crippen LogP contribution in [0.1, 0.15) is 43.0 Å². The van der Waals surface area contributed by atoms with Crippen molar-refractivity contribution in [3.63, 3.8) is 0 Å². The van der Waals surface area contributed by atoms with Crippen LogP contribution in [0, 0.1) is 19.8 Å². The van der Waals surface area contributed by atoms with Crippen LogP contribution in [0.5, 0.6) is 11.5 Å². The van der Waals surface area contributed by atoms with Crippen molar-refractivity contribution in [1.29, 1.82) is 0 Å². The molecule has 2 aromatic carbocycles. The molecule has 3 aromatic rings. The zero-order valence-corrected chi connectivity index (χ0v) is 20.2. The Hall–Kier alpha value is -3.07. The van der Waals surface area contributed by atoms with Crippen LogP contribution in [0.15, 0.2) is 41.6 Å². The molecule has 1 amide bonds. The largest absolute Gasteiger partial charge is 0.490 e. The predicted molar refractivity (Wildman–Crippen MR) is 127 cm³/mol. The van der Waals surface area contributed by atoms with Crippen molar-refractivity contribution in [2.45, 2.75) is 45.3 Å². The maximum Gasteiger partial charge on any atom is 0.230 e. The van der Waals surface area contributed by atoms with Crippen LogP contribution < -0.4 is 14.8 Å². The number of rotatable bonds is 7. The van der Waals surface area contributed by atoms with Gasteiger partial charge in [-0.25, -0.2) is 0 Å². The molecule has 1 aliphatic heterocycles. The lowest BCUT2D eigenvalue weighted by atomic mass is 9.95. The van der Waals surface area contributed by atoms with Crippen molar-refractivity contribution >= 4 is 17.7 Å². The summed E-state index contributed by atoms with van der Waals surface area (Å²) in [5.74, 6) is 1.80. The number of tetrazole rings is 1. The summed E-state index contributed by atoms with van der Waals surface area (Å²) in [7, 11) is 0. The minimum Gasteiger partial charge on any atom is -0.490 e. The number of ether oxygens (including phenoxy) is 2. The molecule has 0 radical (unpaired) electrons. The van der Waals surface area contributed by atoms with Crippen LogP contribution in [0.2, 0.25) is 0 Å². The molecule has 1 N–H and O–H groups in total.